The lowest BCUT2D eigenvalue weighted by molar-refractivity contribution is 0.0952. The van der Waals surface area contributed by atoms with Crippen molar-refractivity contribution in [1.29, 1.82) is 0 Å². The van der Waals surface area contributed by atoms with Crippen molar-refractivity contribution in [2.24, 2.45) is 5.10 Å². The van der Waals surface area contributed by atoms with Crippen molar-refractivity contribution in [3.63, 3.8) is 0 Å². The van der Waals surface area contributed by atoms with E-state index >= 15 is 0 Å². The fraction of sp³-hybridized carbons (Fsp3) is 0.0667. The van der Waals surface area contributed by atoms with E-state index in [4.69, 9.17) is 4.42 Å². The largest absolute Gasteiger partial charge is 0.507 e. The minimum Gasteiger partial charge on any atom is -0.507 e. The van der Waals surface area contributed by atoms with Crippen LogP contribution >= 0.6 is 0 Å². The number of phenols is 1. The van der Waals surface area contributed by atoms with Crippen molar-refractivity contribution >= 4 is 17.7 Å². The average Bonchev–Trinajstić information content (AvgIpc) is 2.96. The lowest BCUT2D eigenvalue weighted by Gasteiger charge is -2.02. The molecule has 0 radical (unpaired) electrons. The van der Waals surface area contributed by atoms with Gasteiger partial charge in [0.15, 0.2) is 0 Å². The molecule has 1 amide bonds. The number of benzene rings is 1. The number of aromatic hydroxyl groups is 1. The van der Waals surface area contributed by atoms with Crippen molar-refractivity contribution in [2.75, 3.05) is 0 Å². The average molecular weight is 270 g/mol. The summed E-state index contributed by atoms with van der Waals surface area (Å²) in [6.45, 7) is 1.74. The Morgan fingerprint density at radius 2 is 2.10 bits per heavy atom. The molecule has 20 heavy (non-hydrogen) atoms. The number of para-hydroxylation sites is 1. The smallest absolute Gasteiger partial charge is 0.275 e. The summed E-state index contributed by atoms with van der Waals surface area (Å²) < 4.78 is 5.13. The summed E-state index contributed by atoms with van der Waals surface area (Å²) in [4.78, 5) is 11.8. The van der Waals surface area contributed by atoms with Gasteiger partial charge in [-0.2, -0.15) is 5.10 Å². The number of amides is 1. The molecule has 0 aliphatic heterocycles. The number of hydrogen-bond donors (Lipinski definition) is 2. The minimum atomic E-state index is -0.464. The summed E-state index contributed by atoms with van der Waals surface area (Å²) in [6, 6.07) is 9.88. The molecule has 5 nitrogen and oxygen atoms in total. The number of carbonyl (C=O) groups excluding carboxylic acids is 1. The van der Waals surface area contributed by atoms with Gasteiger partial charge in [0, 0.05) is 0 Å². The number of phenolic OH excluding ortho intramolecular Hbond substituents is 1. The molecule has 1 heterocycles. The van der Waals surface area contributed by atoms with Crippen LogP contribution in [0.25, 0.3) is 6.08 Å². The normalized spacial score (nSPS) is 11.8. The topological polar surface area (TPSA) is 74.8 Å². The van der Waals surface area contributed by atoms with Crippen LogP contribution in [0.5, 0.6) is 5.75 Å². The first kappa shape index (κ1) is 13.6. The van der Waals surface area contributed by atoms with Gasteiger partial charge in [0.25, 0.3) is 5.91 Å². The van der Waals surface area contributed by atoms with E-state index in [1.807, 2.05) is 6.07 Å². The molecule has 0 saturated heterocycles. The Balaban J connectivity index is 1.98. The third-order valence-corrected chi connectivity index (χ3v) is 2.51. The summed E-state index contributed by atoms with van der Waals surface area (Å²) in [7, 11) is 0. The van der Waals surface area contributed by atoms with Crippen LogP contribution < -0.4 is 5.43 Å². The van der Waals surface area contributed by atoms with E-state index in [0.29, 0.717) is 11.5 Å². The maximum absolute atomic E-state index is 11.8. The van der Waals surface area contributed by atoms with Crippen LogP contribution in [0.3, 0.4) is 0 Å². The number of nitrogens with zero attached hydrogens (tertiary/aromatic N) is 1. The number of nitrogens with one attached hydrogen (secondary N) is 1. The highest BCUT2D eigenvalue weighted by atomic mass is 16.3. The van der Waals surface area contributed by atoms with E-state index in [1.165, 1.54) is 12.1 Å². The number of hydrazone groups is 1. The van der Waals surface area contributed by atoms with Gasteiger partial charge in [0.05, 0.1) is 17.5 Å². The Kier molecular flexibility index (Phi) is 4.34. The van der Waals surface area contributed by atoms with Gasteiger partial charge in [-0.25, -0.2) is 5.43 Å². The van der Waals surface area contributed by atoms with Crippen LogP contribution in [0.1, 0.15) is 23.0 Å². The van der Waals surface area contributed by atoms with Gasteiger partial charge in [-0.15, -0.1) is 0 Å². The molecule has 0 atom stereocenters. The molecule has 5 heteroatoms. The maximum Gasteiger partial charge on any atom is 0.275 e. The van der Waals surface area contributed by atoms with Crippen molar-refractivity contribution < 1.29 is 14.3 Å². The molecular weight excluding hydrogens is 256 g/mol. The molecular formula is C15H14N2O3. The Morgan fingerprint density at radius 1 is 1.30 bits per heavy atom. The van der Waals surface area contributed by atoms with E-state index < -0.39 is 5.91 Å². The van der Waals surface area contributed by atoms with Gasteiger partial charge in [-0.3, -0.25) is 4.79 Å². The highest BCUT2D eigenvalue weighted by Gasteiger charge is 2.08. The molecule has 0 saturated carbocycles. The maximum atomic E-state index is 11.8. The molecule has 0 bridgehead atoms. The van der Waals surface area contributed by atoms with Crippen LogP contribution in [0.2, 0.25) is 0 Å². The van der Waals surface area contributed by atoms with Crippen molar-refractivity contribution in [3.8, 4) is 5.75 Å². The lowest BCUT2D eigenvalue weighted by Crippen LogP contribution is -2.18. The Morgan fingerprint density at radius 3 is 2.80 bits per heavy atom. The third kappa shape index (κ3) is 3.58. The first-order chi connectivity index (χ1) is 9.66. The molecule has 0 unspecified atom stereocenters. The SMILES string of the molecule is CC(/C=C/c1ccco1)=N\NC(=O)c1ccccc1O. The summed E-state index contributed by atoms with van der Waals surface area (Å²) in [5.74, 6) is 0.157. The van der Waals surface area contributed by atoms with Crippen LogP contribution in [-0.4, -0.2) is 16.7 Å². The third-order valence-electron chi connectivity index (χ3n) is 2.51. The molecule has 0 aliphatic rings. The second-order valence-corrected chi connectivity index (χ2v) is 4.06. The fourth-order valence-electron chi connectivity index (χ4n) is 1.49. The summed E-state index contributed by atoms with van der Waals surface area (Å²) in [5, 5.41) is 13.5. The number of furan rings is 1. The van der Waals surface area contributed by atoms with Gasteiger partial charge < -0.3 is 9.52 Å². The Hall–Kier alpha value is -2.82. The molecule has 2 rings (SSSR count). The summed E-state index contributed by atoms with van der Waals surface area (Å²) >= 11 is 0. The fourth-order valence-corrected chi connectivity index (χ4v) is 1.49. The van der Waals surface area contributed by atoms with Crippen molar-refractivity contribution in [1.82, 2.24) is 5.43 Å². The van der Waals surface area contributed by atoms with Gasteiger partial charge in [0.1, 0.15) is 11.5 Å². The second-order valence-electron chi connectivity index (χ2n) is 4.06. The molecule has 0 fully saturated rings. The molecule has 0 aliphatic carbocycles. The molecule has 1 aromatic heterocycles. The highest BCUT2D eigenvalue weighted by molar-refractivity contribution is 6.00. The first-order valence-electron chi connectivity index (χ1n) is 6.01. The second kappa shape index (κ2) is 6.38. The molecule has 1 aromatic carbocycles. The zero-order chi connectivity index (χ0) is 14.4. The molecule has 2 aromatic rings. The Labute approximate surface area is 116 Å². The lowest BCUT2D eigenvalue weighted by atomic mass is 10.2. The van der Waals surface area contributed by atoms with Crippen LogP contribution in [0.15, 0.2) is 58.3 Å². The van der Waals surface area contributed by atoms with Gasteiger partial charge >= 0.3 is 0 Å². The van der Waals surface area contributed by atoms with Gasteiger partial charge in [-0.1, -0.05) is 12.1 Å². The minimum absolute atomic E-state index is 0.0796. The standard InChI is InChI=1S/C15H14N2O3/c1-11(8-9-12-5-4-10-20-12)16-17-15(19)13-6-2-3-7-14(13)18/h2-10,18H,1H3,(H,17,19)/b9-8+,16-11+. The first-order valence-corrected chi connectivity index (χ1v) is 6.01. The quantitative estimate of drug-likeness (QED) is 0.662. The zero-order valence-corrected chi connectivity index (χ0v) is 10.9. The number of carbonyl (C=O) groups is 1. The van der Waals surface area contributed by atoms with Crippen LogP contribution in [0, 0.1) is 0 Å². The number of hydrogen-bond acceptors (Lipinski definition) is 4. The summed E-state index contributed by atoms with van der Waals surface area (Å²) in [5.41, 5.74) is 3.16. The molecule has 102 valence electrons. The van der Waals surface area contributed by atoms with E-state index in [2.05, 4.69) is 10.5 Å². The van der Waals surface area contributed by atoms with Gasteiger partial charge in [-0.05, 0) is 43.3 Å². The van der Waals surface area contributed by atoms with E-state index in [9.17, 15) is 9.90 Å². The van der Waals surface area contributed by atoms with E-state index in [0.717, 1.165) is 0 Å². The van der Waals surface area contributed by atoms with Crippen molar-refractivity contribution in [3.05, 3.63) is 60.1 Å². The van der Waals surface area contributed by atoms with E-state index in [-0.39, 0.29) is 11.3 Å². The Bertz CT molecular complexity index is 643. The molecule has 0 spiro atoms. The van der Waals surface area contributed by atoms with Crippen LogP contribution in [-0.2, 0) is 0 Å². The number of allylic oxidation sites excluding steroid dienone is 1. The monoisotopic (exact) mass is 270 g/mol. The van der Waals surface area contributed by atoms with E-state index in [1.54, 1.807) is 43.5 Å². The van der Waals surface area contributed by atoms with Crippen LogP contribution in [0.4, 0.5) is 0 Å². The van der Waals surface area contributed by atoms with Crippen molar-refractivity contribution in [2.45, 2.75) is 6.92 Å². The zero-order valence-electron chi connectivity index (χ0n) is 10.9. The summed E-state index contributed by atoms with van der Waals surface area (Å²) in [6.07, 6.45) is 5.03. The predicted octanol–water partition coefficient (Wildman–Crippen LogP) is 2.80. The number of rotatable bonds is 4. The molecule has 2 N–H and O–H groups in total. The highest BCUT2D eigenvalue weighted by Crippen LogP contribution is 2.14. The van der Waals surface area contributed by atoms with Gasteiger partial charge in [0.2, 0.25) is 0 Å². The predicted molar refractivity (Wildman–Crippen MR) is 76.4 cm³/mol.